The van der Waals surface area contributed by atoms with E-state index in [-0.39, 0.29) is 11.3 Å². The van der Waals surface area contributed by atoms with Gasteiger partial charge in [0.1, 0.15) is 5.57 Å². The highest BCUT2D eigenvalue weighted by molar-refractivity contribution is 8.09. The van der Waals surface area contributed by atoms with Crippen molar-refractivity contribution in [3.05, 3.63) is 65.4 Å². The van der Waals surface area contributed by atoms with Crippen LogP contribution in [0.2, 0.25) is 0 Å². The van der Waals surface area contributed by atoms with Gasteiger partial charge in [0.15, 0.2) is 18.0 Å². The largest absolute Gasteiger partial charge is 0.448 e. The molecule has 0 saturated heterocycles. The summed E-state index contributed by atoms with van der Waals surface area (Å²) in [4.78, 5) is 12.7. The number of benzene rings is 2. The SMILES string of the molecule is Cc1cc(-c2ccccc2)ccc1C1=C(OP(C)(=S)OCC(F)(F)F)C(C)(C)OC1=O. The van der Waals surface area contributed by atoms with Crippen LogP contribution < -0.4 is 0 Å². The second kappa shape index (κ2) is 8.41. The third kappa shape index (κ3) is 5.56. The third-order valence-corrected chi connectivity index (χ3v) is 6.30. The molecular weight excluding hydrogens is 448 g/mol. The number of alkyl halides is 3. The van der Waals surface area contributed by atoms with Gasteiger partial charge in [-0.25, -0.2) is 4.79 Å². The van der Waals surface area contributed by atoms with Crippen molar-refractivity contribution in [2.24, 2.45) is 0 Å². The number of hydrogen-bond donors (Lipinski definition) is 0. The van der Waals surface area contributed by atoms with Crippen LogP contribution in [0.15, 0.2) is 54.3 Å². The highest BCUT2D eigenvalue weighted by Crippen LogP contribution is 2.53. The van der Waals surface area contributed by atoms with Crippen molar-refractivity contribution < 1.29 is 31.8 Å². The Morgan fingerprint density at radius 2 is 1.74 bits per heavy atom. The van der Waals surface area contributed by atoms with Crippen LogP contribution in [0.5, 0.6) is 0 Å². The maximum atomic E-state index is 12.7. The molecule has 0 radical (unpaired) electrons. The van der Waals surface area contributed by atoms with Gasteiger partial charge >= 0.3 is 12.1 Å². The van der Waals surface area contributed by atoms with E-state index in [0.717, 1.165) is 16.7 Å². The Hall–Kier alpha value is -2.15. The van der Waals surface area contributed by atoms with E-state index in [1.165, 1.54) is 6.66 Å². The van der Waals surface area contributed by atoms with E-state index in [1.807, 2.05) is 49.4 Å². The monoisotopic (exact) mass is 470 g/mol. The fraction of sp³-hybridized carbons (Fsp3) is 0.318. The van der Waals surface area contributed by atoms with E-state index in [1.54, 1.807) is 19.9 Å². The topological polar surface area (TPSA) is 44.8 Å². The van der Waals surface area contributed by atoms with Crippen LogP contribution in [-0.4, -0.2) is 31.0 Å². The molecule has 166 valence electrons. The summed E-state index contributed by atoms with van der Waals surface area (Å²) >= 11 is 5.18. The number of hydrogen-bond acceptors (Lipinski definition) is 5. The molecule has 0 saturated carbocycles. The summed E-state index contributed by atoms with van der Waals surface area (Å²) in [7, 11) is 0. The second-order valence-electron chi connectivity index (χ2n) is 7.75. The van der Waals surface area contributed by atoms with Gasteiger partial charge in [0.25, 0.3) is 0 Å². The van der Waals surface area contributed by atoms with E-state index in [2.05, 4.69) is 0 Å². The first kappa shape index (κ1) is 23.5. The highest BCUT2D eigenvalue weighted by Gasteiger charge is 2.45. The predicted octanol–water partition coefficient (Wildman–Crippen LogP) is 6.24. The van der Waals surface area contributed by atoms with Crippen molar-refractivity contribution in [2.45, 2.75) is 32.5 Å². The molecule has 1 heterocycles. The van der Waals surface area contributed by atoms with Gasteiger partial charge in [0.05, 0.1) is 0 Å². The molecule has 0 aliphatic carbocycles. The molecule has 4 nitrogen and oxygen atoms in total. The Morgan fingerprint density at radius 3 is 2.32 bits per heavy atom. The zero-order valence-electron chi connectivity index (χ0n) is 17.4. The maximum absolute atomic E-state index is 12.7. The molecule has 0 amide bonds. The second-order valence-corrected chi connectivity index (χ2v) is 11.7. The van der Waals surface area contributed by atoms with Crippen molar-refractivity contribution in [1.29, 1.82) is 0 Å². The highest BCUT2D eigenvalue weighted by atomic mass is 32.5. The molecule has 9 heteroatoms. The normalized spacial score (nSPS) is 18.0. The van der Waals surface area contributed by atoms with Crippen molar-refractivity contribution >= 4 is 29.8 Å². The molecule has 0 spiro atoms. The fourth-order valence-electron chi connectivity index (χ4n) is 3.25. The standard InChI is InChI=1S/C22H22F3O4PS/c1-14-12-16(15-8-6-5-7-9-15)10-11-17(14)18-19(21(2,3)28-20(18)26)29-30(4,31)27-13-22(23,24)25/h5-12H,13H2,1-4H3. The Morgan fingerprint density at radius 1 is 1.10 bits per heavy atom. The lowest BCUT2D eigenvalue weighted by molar-refractivity contribution is -0.153. The molecule has 0 aromatic heterocycles. The lowest BCUT2D eigenvalue weighted by Crippen LogP contribution is -2.24. The molecular formula is C22H22F3O4PS. The van der Waals surface area contributed by atoms with Crippen LogP contribution >= 0.6 is 6.49 Å². The molecule has 31 heavy (non-hydrogen) atoms. The smallest absolute Gasteiger partial charge is 0.412 e. The van der Waals surface area contributed by atoms with E-state index < -0.39 is 30.8 Å². The first-order valence-electron chi connectivity index (χ1n) is 9.42. The minimum absolute atomic E-state index is 0.0843. The summed E-state index contributed by atoms with van der Waals surface area (Å²) in [5.74, 6) is -0.539. The average molecular weight is 470 g/mol. The summed E-state index contributed by atoms with van der Waals surface area (Å²) in [6.07, 6.45) is -4.54. The lowest BCUT2D eigenvalue weighted by Gasteiger charge is -2.27. The van der Waals surface area contributed by atoms with Crippen LogP contribution in [0.1, 0.15) is 25.0 Å². The Bertz CT molecular complexity index is 1080. The molecule has 1 aliphatic heterocycles. The molecule has 0 fully saturated rings. The quantitative estimate of drug-likeness (QED) is 0.369. The minimum atomic E-state index is -4.54. The number of halogens is 3. The van der Waals surface area contributed by atoms with E-state index in [0.29, 0.717) is 5.56 Å². The van der Waals surface area contributed by atoms with Gasteiger partial charge in [-0.2, -0.15) is 13.2 Å². The van der Waals surface area contributed by atoms with Crippen molar-refractivity contribution in [3.8, 4) is 11.1 Å². The molecule has 0 bridgehead atoms. The van der Waals surface area contributed by atoms with Crippen LogP contribution in [0.4, 0.5) is 13.2 Å². The summed E-state index contributed by atoms with van der Waals surface area (Å²) in [6.45, 7) is 1.45. The number of ether oxygens (including phenoxy) is 1. The minimum Gasteiger partial charge on any atom is -0.448 e. The van der Waals surface area contributed by atoms with Crippen LogP contribution in [-0.2, 0) is 30.4 Å². The number of cyclic esters (lactones) is 1. The zero-order valence-corrected chi connectivity index (χ0v) is 19.2. The first-order valence-corrected chi connectivity index (χ1v) is 12.5. The van der Waals surface area contributed by atoms with Crippen molar-refractivity contribution in [1.82, 2.24) is 0 Å². The molecule has 3 rings (SSSR count). The zero-order chi connectivity index (χ0) is 23.0. The van der Waals surface area contributed by atoms with Gasteiger partial charge in [0, 0.05) is 6.66 Å². The molecule has 1 atom stereocenters. The van der Waals surface area contributed by atoms with E-state index in [4.69, 9.17) is 25.6 Å². The summed E-state index contributed by atoms with van der Waals surface area (Å²) in [5.41, 5.74) is 2.28. The summed E-state index contributed by atoms with van der Waals surface area (Å²) in [6, 6.07) is 15.3. The number of rotatable bonds is 6. The lowest BCUT2D eigenvalue weighted by atomic mass is 9.93. The molecule has 2 aromatic carbocycles. The molecule has 0 N–H and O–H groups in total. The third-order valence-electron chi connectivity index (χ3n) is 4.65. The van der Waals surface area contributed by atoms with Gasteiger partial charge < -0.3 is 13.8 Å². The van der Waals surface area contributed by atoms with Crippen LogP contribution in [0, 0.1) is 6.92 Å². The maximum Gasteiger partial charge on any atom is 0.412 e. The Balaban J connectivity index is 2.01. The Kier molecular flexibility index (Phi) is 6.38. The van der Waals surface area contributed by atoms with Gasteiger partial charge in [-0.15, -0.1) is 0 Å². The van der Waals surface area contributed by atoms with Gasteiger partial charge in [-0.3, -0.25) is 0 Å². The number of carbonyl (C=O) groups is 1. The summed E-state index contributed by atoms with van der Waals surface area (Å²) in [5, 5.41) is 0. The molecule has 2 aromatic rings. The van der Waals surface area contributed by atoms with Crippen LogP contribution in [0.25, 0.3) is 16.7 Å². The fourth-order valence-corrected chi connectivity index (χ4v) is 4.71. The number of carbonyl (C=O) groups excluding carboxylic acids is 1. The number of esters is 1. The summed E-state index contributed by atoms with van der Waals surface area (Å²) < 4.78 is 53.8. The van der Waals surface area contributed by atoms with Crippen molar-refractivity contribution in [3.63, 3.8) is 0 Å². The van der Waals surface area contributed by atoms with E-state index in [9.17, 15) is 18.0 Å². The Labute approximate surface area is 184 Å². The average Bonchev–Trinajstić information content (AvgIpc) is 2.88. The molecule has 1 aliphatic rings. The van der Waals surface area contributed by atoms with Gasteiger partial charge in [0.2, 0.25) is 6.49 Å². The molecule has 1 unspecified atom stereocenters. The van der Waals surface area contributed by atoms with Crippen LogP contribution in [0.3, 0.4) is 0 Å². The van der Waals surface area contributed by atoms with Crippen molar-refractivity contribution in [2.75, 3.05) is 13.3 Å². The predicted molar refractivity (Wildman–Crippen MR) is 117 cm³/mol. The first-order chi connectivity index (χ1) is 14.3. The number of aryl methyl sites for hydroxylation is 1. The van der Waals surface area contributed by atoms with Gasteiger partial charge in [-0.05, 0) is 54.8 Å². The van der Waals surface area contributed by atoms with E-state index >= 15 is 0 Å². The van der Waals surface area contributed by atoms with Gasteiger partial charge in [-0.1, -0.05) is 48.5 Å².